The lowest BCUT2D eigenvalue weighted by atomic mass is 9.92. The third-order valence-electron chi connectivity index (χ3n) is 4.09. The molecular formula is C17H32N4O2. The van der Waals surface area contributed by atoms with Gasteiger partial charge in [-0.05, 0) is 40.5 Å². The predicted molar refractivity (Wildman–Crippen MR) is 92.3 cm³/mol. The number of aryl methyl sites for hydroxylation is 2. The molecule has 0 saturated carbocycles. The first-order valence-corrected chi connectivity index (χ1v) is 8.32. The molecule has 2 N–H and O–H groups in total. The van der Waals surface area contributed by atoms with Gasteiger partial charge < -0.3 is 15.4 Å². The molecule has 0 spiro atoms. The summed E-state index contributed by atoms with van der Waals surface area (Å²) >= 11 is 0. The highest BCUT2D eigenvalue weighted by atomic mass is 16.6. The highest BCUT2D eigenvalue weighted by Gasteiger charge is 2.27. The minimum atomic E-state index is -0.481. The number of nitrogens with one attached hydrogen (secondary N) is 2. The molecule has 23 heavy (non-hydrogen) atoms. The summed E-state index contributed by atoms with van der Waals surface area (Å²) in [6.45, 7) is 13.1. The van der Waals surface area contributed by atoms with Gasteiger partial charge in [-0.25, -0.2) is 4.79 Å². The summed E-state index contributed by atoms with van der Waals surface area (Å²) in [6.07, 6.45) is 3.49. The Hall–Kier alpha value is -1.56. The van der Waals surface area contributed by atoms with Crippen molar-refractivity contribution in [1.29, 1.82) is 0 Å². The summed E-state index contributed by atoms with van der Waals surface area (Å²) in [7, 11) is 1.92. The lowest BCUT2D eigenvalue weighted by Crippen LogP contribution is -2.53. The van der Waals surface area contributed by atoms with E-state index in [2.05, 4.69) is 29.6 Å². The average Bonchev–Trinajstić information content (AvgIpc) is 2.76. The van der Waals surface area contributed by atoms with Crippen LogP contribution in [0.15, 0.2) is 6.20 Å². The van der Waals surface area contributed by atoms with Crippen LogP contribution in [0.4, 0.5) is 4.79 Å². The van der Waals surface area contributed by atoms with Gasteiger partial charge in [0.2, 0.25) is 0 Å². The molecule has 0 radical (unpaired) electrons. The maximum absolute atomic E-state index is 11.9. The first kappa shape index (κ1) is 19.5. The molecule has 1 amide bonds. The number of ether oxygens (including phenoxy) is 1. The summed E-state index contributed by atoms with van der Waals surface area (Å²) in [5.74, 6) is 0. The fraction of sp³-hybridized carbons (Fsp3) is 0.765. The van der Waals surface area contributed by atoms with Crippen LogP contribution in [-0.2, 0) is 18.3 Å². The molecule has 132 valence electrons. The lowest BCUT2D eigenvalue weighted by molar-refractivity contribution is 0.0507. The van der Waals surface area contributed by atoms with Crippen LogP contribution in [0.2, 0.25) is 0 Å². The van der Waals surface area contributed by atoms with E-state index >= 15 is 0 Å². The Bertz CT molecular complexity index is 513. The van der Waals surface area contributed by atoms with Gasteiger partial charge in [0.25, 0.3) is 0 Å². The first-order chi connectivity index (χ1) is 10.6. The molecule has 0 aliphatic rings. The van der Waals surface area contributed by atoms with Gasteiger partial charge in [0, 0.05) is 37.4 Å². The minimum Gasteiger partial charge on any atom is -0.444 e. The van der Waals surface area contributed by atoms with E-state index < -0.39 is 5.60 Å². The number of aromatic nitrogens is 2. The largest absolute Gasteiger partial charge is 0.444 e. The molecule has 0 atom stereocenters. The lowest BCUT2D eigenvalue weighted by Gasteiger charge is -2.33. The van der Waals surface area contributed by atoms with Crippen molar-refractivity contribution in [2.24, 2.45) is 7.05 Å². The Kier molecular flexibility index (Phi) is 6.62. The van der Waals surface area contributed by atoms with Gasteiger partial charge >= 0.3 is 6.09 Å². The van der Waals surface area contributed by atoms with E-state index in [-0.39, 0.29) is 11.6 Å². The highest BCUT2D eigenvalue weighted by molar-refractivity contribution is 5.67. The molecule has 0 fully saturated rings. The van der Waals surface area contributed by atoms with E-state index in [0.717, 1.165) is 25.1 Å². The molecule has 1 rings (SSSR count). The normalized spacial score (nSPS) is 12.3. The third kappa shape index (κ3) is 6.22. The van der Waals surface area contributed by atoms with Crippen LogP contribution >= 0.6 is 0 Å². The Morgan fingerprint density at radius 2 is 1.91 bits per heavy atom. The molecule has 0 aromatic carbocycles. The fourth-order valence-corrected chi connectivity index (χ4v) is 2.47. The van der Waals surface area contributed by atoms with Crippen molar-refractivity contribution >= 4 is 6.09 Å². The summed E-state index contributed by atoms with van der Waals surface area (Å²) in [5, 5.41) is 10.9. The van der Waals surface area contributed by atoms with Crippen LogP contribution in [0.3, 0.4) is 0 Å². The highest BCUT2D eigenvalue weighted by Crippen LogP contribution is 2.17. The zero-order valence-electron chi connectivity index (χ0n) is 15.6. The molecule has 0 bridgehead atoms. The smallest absolute Gasteiger partial charge is 0.407 e. The summed E-state index contributed by atoms with van der Waals surface area (Å²) in [4.78, 5) is 11.9. The van der Waals surface area contributed by atoms with E-state index in [1.807, 2.05) is 45.6 Å². The van der Waals surface area contributed by atoms with Crippen molar-refractivity contribution in [3.05, 3.63) is 17.5 Å². The molecule has 6 heteroatoms. The Labute approximate surface area is 140 Å². The first-order valence-electron chi connectivity index (χ1n) is 8.32. The zero-order chi connectivity index (χ0) is 17.7. The van der Waals surface area contributed by atoms with Crippen molar-refractivity contribution in [3.8, 4) is 0 Å². The predicted octanol–water partition coefficient (Wildman–Crippen LogP) is 2.90. The molecule has 0 aliphatic carbocycles. The van der Waals surface area contributed by atoms with Gasteiger partial charge in [0.1, 0.15) is 5.60 Å². The molecular weight excluding hydrogens is 292 g/mol. The number of hydrogen-bond donors (Lipinski definition) is 2. The maximum atomic E-state index is 11.9. The average molecular weight is 324 g/mol. The van der Waals surface area contributed by atoms with Gasteiger partial charge in [-0.1, -0.05) is 13.8 Å². The second-order valence-electron chi connectivity index (χ2n) is 7.11. The Balaban J connectivity index is 2.64. The molecule has 0 saturated heterocycles. The van der Waals surface area contributed by atoms with E-state index in [0.29, 0.717) is 6.54 Å². The molecule has 1 aromatic heterocycles. The number of amides is 1. The fourth-order valence-electron chi connectivity index (χ4n) is 2.47. The summed E-state index contributed by atoms with van der Waals surface area (Å²) in [6, 6.07) is 0. The Morgan fingerprint density at radius 1 is 1.30 bits per heavy atom. The van der Waals surface area contributed by atoms with Crippen LogP contribution in [0, 0.1) is 6.92 Å². The topological polar surface area (TPSA) is 68.2 Å². The van der Waals surface area contributed by atoms with Crippen molar-refractivity contribution in [2.45, 2.75) is 72.1 Å². The third-order valence-corrected chi connectivity index (χ3v) is 4.09. The number of carbonyl (C=O) groups excluding carboxylic acids is 1. The van der Waals surface area contributed by atoms with E-state index in [9.17, 15) is 4.79 Å². The summed E-state index contributed by atoms with van der Waals surface area (Å²) in [5.41, 5.74) is 1.57. The zero-order valence-corrected chi connectivity index (χ0v) is 15.6. The molecule has 6 nitrogen and oxygen atoms in total. The molecule has 0 aliphatic heterocycles. The molecule has 1 heterocycles. The second-order valence-corrected chi connectivity index (χ2v) is 7.11. The molecule has 0 unspecified atom stereocenters. The van der Waals surface area contributed by atoms with Crippen molar-refractivity contribution in [2.75, 3.05) is 6.54 Å². The second kappa shape index (κ2) is 7.81. The van der Waals surface area contributed by atoms with Crippen LogP contribution in [-0.4, -0.2) is 33.6 Å². The number of hydrogen-bond acceptors (Lipinski definition) is 4. The van der Waals surface area contributed by atoms with Gasteiger partial charge in [0.05, 0.1) is 5.69 Å². The quantitative estimate of drug-likeness (QED) is 0.809. The maximum Gasteiger partial charge on any atom is 0.407 e. The SMILES string of the molecule is CCC(CC)(CNC(=O)OC(C)(C)C)NCc1cn(C)nc1C. The van der Waals surface area contributed by atoms with Crippen molar-refractivity contribution in [1.82, 2.24) is 20.4 Å². The van der Waals surface area contributed by atoms with Crippen LogP contribution in [0.25, 0.3) is 0 Å². The number of carbonyl (C=O) groups is 1. The van der Waals surface area contributed by atoms with Crippen molar-refractivity contribution in [3.63, 3.8) is 0 Å². The number of nitrogens with zero attached hydrogens (tertiary/aromatic N) is 2. The van der Waals surface area contributed by atoms with E-state index in [1.165, 1.54) is 5.56 Å². The summed E-state index contributed by atoms with van der Waals surface area (Å²) < 4.78 is 7.14. The van der Waals surface area contributed by atoms with Gasteiger partial charge in [-0.15, -0.1) is 0 Å². The van der Waals surface area contributed by atoms with Crippen LogP contribution in [0.1, 0.15) is 58.7 Å². The minimum absolute atomic E-state index is 0.154. The number of rotatable bonds is 7. The standard InChI is InChI=1S/C17H32N4O2/c1-8-17(9-2,12-18-15(22)23-16(4,5)6)19-10-14-11-21(7)20-13(14)3/h11,19H,8-10,12H2,1-7H3,(H,18,22). The molecule has 1 aromatic rings. The monoisotopic (exact) mass is 324 g/mol. The van der Waals surface area contributed by atoms with Gasteiger partial charge in [-0.2, -0.15) is 5.10 Å². The van der Waals surface area contributed by atoms with Gasteiger partial charge in [0.15, 0.2) is 0 Å². The van der Waals surface area contributed by atoms with Crippen LogP contribution < -0.4 is 10.6 Å². The van der Waals surface area contributed by atoms with E-state index in [1.54, 1.807) is 0 Å². The van der Waals surface area contributed by atoms with Crippen molar-refractivity contribution < 1.29 is 9.53 Å². The van der Waals surface area contributed by atoms with Gasteiger partial charge in [-0.3, -0.25) is 4.68 Å². The van der Waals surface area contributed by atoms with Crippen LogP contribution in [0.5, 0.6) is 0 Å². The Morgan fingerprint density at radius 3 is 2.35 bits per heavy atom. The van der Waals surface area contributed by atoms with E-state index in [4.69, 9.17) is 4.74 Å². The number of alkyl carbamates (subject to hydrolysis) is 1.